The summed E-state index contributed by atoms with van der Waals surface area (Å²) in [7, 11) is -0.679. The Morgan fingerprint density at radius 2 is 2.00 bits per heavy atom. The molecule has 5 rings (SSSR count). The van der Waals surface area contributed by atoms with Gasteiger partial charge in [-0.2, -0.15) is 5.10 Å². The minimum atomic E-state index is -3.91. The molecule has 0 unspecified atom stereocenters. The highest BCUT2D eigenvalue weighted by Crippen LogP contribution is 2.34. The summed E-state index contributed by atoms with van der Waals surface area (Å²) < 4.78 is 43.3. The first-order valence-corrected chi connectivity index (χ1v) is 11.1. The summed E-state index contributed by atoms with van der Waals surface area (Å²) >= 11 is 0. The number of aryl methyl sites for hydroxylation is 1. The molecule has 0 aliphatic carbocycles. The van der Waals surface area contributed by atoms with E-state index < -0.39 is 10.0 Å². The Labute approximate surface area is 178 Å². The van der Waals surface area contributed by atoms with Gasteiger partial charge in [0.05, 0.1) is 43.0 Å². The Morgan fingerprint density at radius 3 is 2.77 bits per heavy atom. The van der Waals surface area contributed by atoms with Crippen LogP contribution in [0.25, 0.3) is 22.3 Å². The first-order valence-electron chi connectivity index (χ1n) is 9.58. The van der Waals surface area contributed by atoms with Crippen LogP contribution in [0.5, 0.6) is 5.75 Å². The molecule has 1 N–H and O–H groups in total. The molecule has 3 aromatic heterocycles. The maximum absolute atomic E-state index is 13.1. The summed E-state index contributed by atoms with van der Waals surface area (Å²) in [5.41, 5.74) is 2.43. The molecule has 0 spiro atoms. The standard InChI is InChI=1S/C20H20N6O4S/c1-25-20-13(9-23-25)3-6-17(29-2)19(20)24-31(27,28)14-4-5-15(21-10-14)16-11-22-18-12-30-8-7-26(16)18/h3-6,9-11,24H,7-8,12H2,1-2H3. The first kappa shape index (κ1) is 19.5. The number of methoxy groups -OCH3 is 1. The van der Waals surface area contributed by atoms with E-state index in [1.165, 1.54) is 19.4 Å². The zero-order chi connectivity index (χ0) is 21.6. The van der Waals surface area contributed by atoms with Crippen LogP contribution < -0.4 is 9.46 Å². The highest BCUT2D eigenvalue weighted by Gasteiger charge is 2.22. The topological polar surface area (TPSA) is 113 Å². The van der Waals surface area contributed by atoms with Gasteiger partial charge in [0.1, 0.15) is 28.8 Å². The van der Waals surface area contributed by atoms with Crippen LogP contribution in [0.15, 0.2) is 47.8 Å². The second kappa shape index (κ2) is 7.36. The monoisotopic (exact) mass is 440 g/mol. The van der Waals surface area contributed by atoms with E-state index in [0.717, 1.165) is 16.9 Å². The molecule has 10 nitrogen and oxygen atoms in total. The summed E-state index contributed by atoms with van der Waals surface area (Å²) in [6.07, 6.45) is 4.74. The lowest BCUT2D eigenvalue weighted by Crippen LogP contribution is -2.17. The lowest BCUT2D eigenvalue weighted by Gasteiger charge is -2.17. The number of nitrogens with one attached hydrogen (secondary N) is 1. The third-order valence-corrected chi connectivity index (χ3v) is 6.59. The van der Waals surface area contributed by atoms with Gasteiger partial charge in [-0.15, -0.1) is 0 Å². The molecule has 0 fully saturated rings. The third kappa shape index (κ3) is 3.31. The van der Waals surface area contributed by atoms with Gasteiger partial charge in [-0.1, -0.05) is 0 Å². The van der Waals surface area contributed by atoms with Gasteiger partial charge in [0.2, 0.25) is 0 Å². The number of nitrogens with zero attached hydrogens (tertiary/aromatic N) is 5. The van der Waals surface area contributed by atoms with Crippen molar-refractivity contribution in [2.45, 2.75) is 18.0 Å². The summed E-state index contributed by atoms with van der Waals surface area (Å²) in [4.78, 5) is 8.78. The van der Waals surface area contributed by atoms with E-state index in [0.29, 0.717) is 42.4 Å². The Kier molecular flexibility index (Phi) is 4.63. The van der Waals surface area contributed by atoms with Crippen LogP contribution in [0.3, 0.4) is 0 Å². The normalized spacial score (nSPS) is 13.9. The molecule has 0 amide bonds. The van der Waals surface area contributed by atoms with Crippen molar-refractivity contribution in [1.82, 2.24) is 24.3 Å². The molecule has 4 heterocycles. The predicted molar refractivity (Wildman–Crippen MR) is 113 cm³/mol. The molecule has 0 atom stereocenters. The molecule has 1 aromatic carbocycles. The van der Waals surface area contributed by atoms with E-state index in [1.54, 1.807) is 36.3 Å². The number of sulfonamides is 1. The minimum Gasteiger partial charge on any atom is -0.494 e. The Balaban J connectivity index is 1.49. The summed E-state index contributed by atoms with van der Waals surface area (Å²) in [5, 5.41) is 5.00. The number of ether oxygens (including phenoxy) is 2. The van der Waals surface area contributed by atoms with E-state index in [9.17, 15) is 8.42 Å². The summed E-state index contributed by atoms with van der Waals surface area (Å²) in [6.45, 7) is 1.74. The molecular formula is C20H20N6O4S. The number of anilines is 1. The Bertz CT molecular complexity index is 1370. The van der Waals surface area contributed by atoms with Crippen molar-refractivity contribution in [3.63, 3.8) is 0 Å². The fraction of sp³-hybridized carbons (Fsp3) is 0.250. The van der Waals surface area contributed by atoms with Gasteiger partial charge in [0.15, 0.2) is 0 Å². The van der Waals surface area contributed by atoms with Gasteiger partial charge >= 0.3 is 0 Å². The largest absolute Gasteiger partial charge is 0.494 e. The number of benzene rings is 1. The quantitative estimate of drug-likeness (QED) is 0.506. The molecule has 1 aliphatic rings. The number of hydrogen-bond donors (Lipinski definition) is 1. The SMILES string of the molecule is COc1ccc2cnn(C)c2c1NS(=O)(=O)c1ccc(-c2cnc3n2CCOC3)nc1. The van der Waals surface area contributed by atoms with Crippen LogP contribution in [0.1, 0.15) is 5.82 Å². The van der Waals surface area contributed by atoms with E-state index in [-0.39, 0.29) is 4.90 Å². The van der Waals surface area contributed by atoms with Crippen molar-refractivity contribution in [2.24, 2.45) is 7.05 Å². The highest BCUT2D eigenvalue weighted by atomic mass is 32.2. The smallest absolute Gasteiger partial charge is 0.263 e. The molecule has 31 heavy (non-hydrogen) atoms. The summed E-state index contributed by atoms with van der Waals surface area (Å²) in [6, 6.07) is 6.73. The molecule has 0 saturated heterocycles. The Hall–Kier alpha value is -3.44. The predicted octanol–water partition coefficient (Wildman–Crippen LogP) is 2.17. The Morgan fingerprint density at radius 1 is 1.13 bits per heavy atom. The van der Waals surface area contributed by atoms with Gasteiger partial charge in [-0.25, -0.2) is 13.4 Å². The number of aromatic nitrogens is 5. The van der Waals surface area contributed by atoms with Crippen LogP contribution >= 0.6 is 0 Å². The number of pyridine rings is 1. The number of rotatable bonds is 5. The molecule has 0 radical (unpaired) electrons. The molecular weight excluding hydrogens is 420 g/mol. The number of fused-ring (bicyclic) bond motifs is 2. The maximum Gasteiger partial charge on any atom is 0.263 e. The van der Waals surface area contributed by atoms with Crippen LogP contribution in [-0.2, 0) is 35.0 Å². The van der Waals surface area contributed by atoms with Gasteiger partial charge in [0, 0.05) is 25.2 Å². The molecule has 0 bridgehead atoms. The van der Waals surface area contributed by atoms with Crippen molar-refractivity contribution >= 4 is 26.6 Å². The van der Waals surface area contributed by atoms with Gasteiger partial charge in [-0.05, 0) is 24.3 Å². The molecule has 160 valence electrons. The van der Waals surface area contributed by atoms with Crippen LogP contribution in [0, 0.1) is 0 Å². The molecule has 0 saturated carbocycles. The van der Waals surface area contributed by atoms with Crippen LogP contribution in [0.2, 0.25) is 0 Å². The second-order valence-electron chi connectivity index (χ2n) is 7.10. The van der Waals surface area contributed by atoms with Crippen LogP contribution in [0.4, 0.5) is 5.69 Å². The van der Waals surface area contributed by atoms with Crippen LogP contribution in [-0.4, -0.2) is 46.5 Å². The number of imidazole rings is 1. The fourth-order valence-corrected chi connectivity index (χ4v) is 4.73. The van der Waals surface area contributed by atoms with E-state index >= 15 is 0 Å². The van der Waals surface area contributed by atoms with Gasteiger partial charge < -0.3 is 14.0 Å². The fourth-order valence-electron chi connectivity index (χ4n) is 3.70. The van der Waals surface area contributed by atoms with Gasteiger partial charge in [-0.3, -0.25) is 14.4 Å². The van der Waals surface area contributed by atoms with Crippen molar-refractivity contribution in [1.29, 1.82) is 0 Å². The third-order valence-electron chi connectivity index (χ3n) is 5.26. The highest BCUT2D eigenvalue weighted by molar-refractivity contribution is 7.92. The minimum absolute atomic E-state index is 0.0409. The van der Waals surface area contributed by atoms with Crippen molar-refractivity contribution in [2.75, 3.05) is 18.4 Å². The lowest BCUT2D eigenvalue weighted by atomic mass is 10.2. The van der Waals surface area contributed by atoms with E-state index in [1.807, 2.05) is 10.6 Å². The molecule has 4 aromatic rings. The average Bonchev–Trinajstić information content (AvgIpc) is 3.38. The molecule has 1 aliphatic heterocycles. The van der Waals surface area contributed by atoms with Crippen molar-refractivity contribution in [3.05, 3.63) is 48.7 Å². The van der Waals surface area contributed by atoms with Crippen molar-refractivity contribution in [3.8, 4) is 17.1 Å². The lowest BCUT2D eigenvalue weighted by molar-refractivity contribution is 0.0821. The average molecular weight is 440 g/mol. The van der Waals surface area contributed by atoms with E-state index in [2.05, 4.69) is 19.8 Å². The summed E-state index contributed by atoms with van der Waals surface area (Å²) in [5.74, 6) is 1.23. The van der Waals surface area contributed by atoms with Crippen molar-refractivity contribution < 1.29 is 17.9 Å². The van der Waals surface area contributed by atoms with E-state index in [4.69, 9.17) is 9.47 Å². The zero-order valence-corrected chi connectivity index (χ0v) is 17.8. The molecule has 11 heteroatoms. The zero-order valence-electron chi connectivity index (χ0n) is 16.9. The van der Waals surface area contributed by atoms with Gasteiger partial charge in [0.25, 0.3) is 10.0 Å². The number of hydrogen-bond acceptors (Lipinski definition) is 7. The second-order valence-corrected chi connectivity index (χ2v) is 8.78. The maximum atomic E-state index is 13.1. The first-order chi connectivity index (χ1) is 15.0.